The molecule has 1 aromatic carbocycles. The summed E-state index contributed by atoms with van der Waals surface area (Å²) in [4.78, 5) is 6.90. The van der Waals surface area contributed by atoms with Gasteiger partial charge in [-0.05, 0) is 19.1 Å². The highest BCUT2D eigenvalue weighted by molar-refractivity contribution is 7.89. The van der Waals surface area contributed by atoms with E-state index in [0.717, 1.165) is 11.3 Å². The van der Waals surface area contributed by atoms with Crippen LogP contribution >= 0.6 is 0 Å². The van der Waals surface area contributed by atoms with E-state index in [1.807, 2.05) is 19.1 Å². The Morgan fingerprint density at radius 1 is 1.08 bits per heavy atom. The fraction of sp³-hybridized carbons (Fsp3) is 0.526. The van der Waals surface area contributed by atoms with Gasteiger partial charge in [-0.2, -0.15) is 4.31 Å². The van der Waals surface area contributed by atoms with Crippen LogP contribution < -0.4 is 0 Å². The maximum absolute atomic E-state index is 12.8. The molecule has 0 amide bonds. The topological polar surface area (TPSA) is 66.7 Å². The van der Waals surface area contributed by atoms with Crippen LogP contribution in [0.4, 0.5) is 0 Å². The normalized spacial score (nSPS) is 17.5. The smallest absolute Gasteiger partial charge is 0.243 e. The number of hydrogen-bond acceptors (Lipinski definition) is 5. The van der Waals surface area contributed by atoms with Crippen LogP contribution in [0.5, 0.6) is 0 Å². The summed E-state index contributed by atoms with van der Waals surface area (Å²) in [5.41, 5.74) is 0.987. The molecule has 26 heavy (non-hydrogen) atoms. The molecule has 7 heteroatoms. The lowest BCUT2D eigenvalue weighted by Gasteiger charge is -2.33. The number of benzene rings is 1. The first-order chi connectivity index (χ1) is 12.2. The quantitative estimate of drug-likeness (QED) is 0.820. The van der Waals surface area contributed by atoms with E-state index >= 15 is 0 Å². The predicted molar refractivity (Wildman–Crippen MR) is 100 cm³/mol. The number of piperazine rings is 1. The first-order valence-corrected chi connectivity index (χ1v) is 10.3. The number of aromatic nitrogens is 1. The van der Waals surface area contributed by atoms with Gasteiger partial charge in [0.25, 0.3) is 0 Å². The fourth-order valence-electron chi connectivity index (χ4n) is 2.91. The molecule has 1 aliphatic heterocycles. The van der Waals surface area contributed by atoms with E-state index in [4.69, 9.17) is 4.42 Å². The maximum atomic E-state index is 12.8. The number of nitrogens with zero attached hydrogens (tertiary/aromatic N) is 3. The van der Waals surface area contributed by atoms with Gasteiger partial charge >= 0.3 is 0 Å². The van der Waals surface area contributed by atoms with Crippen LogP contribution in [0.3, 0.4) is 0 Å². The van der Waals surface area contributed by atoms with Gasteiger partial charge in [0.05, 0.1) is 17.6 Å². The Kier molecular flexibility index (Phi) is 5.23. The summed E-state index contributed by atoms with van der Waals surface area (Å²) in [7, 11) is -3.42. The van der Waals surface area contributed by atoms with Gasteiger partial charge in [-0.1, -0.05) is 38.5 Å². The molecule has 6 nitrogen and oxygen atoms in total. The van der Waals surface area contributed by atoms with E-state index in [1.54, 1.807) is 22.6 Å². The zero-order valence-corrected chi connectivity index (χ0v) is 16.7. The number of aryl methyl sites for hydroxylation is 1. The monoisotopic (exact) mass is 377 g/mol. The van der Waals surface area contributed by atoms with Gasteiger partial charge in [0.2, 0.25) is 15.9 Å². The largest absolute Gasteiger partial charge is 0.444 e. The molecule has 0 radical (unpaired) electrons. The van der Waals surface area contributed by atoms with Gasteiger partial charge < -0.3 is 4.42 Å². The second-order valence-electron chi connectivity index (χ2n) is 7.86. The average molecular weight is 378 g/mol. The van der Waals surface area contributed by atoms with Crippen molar-refractivity contribution in [3.05, 3.63) is 47.7 Å². The fourth-order valence-corrected chi connectivity index (χ4v) is 4.33. The Morgan fingerprint density at radius 2 is 1.69 bits per heavy atom. The second-order valence-corrected chi connectivity index (χ2v) is 9.80. The molecule has 1 fully saturated rings. The van der Waals surface area contributed by atoms with Crippen LogP contribution in [0.15, 0.2) is 39.8 Å². The summed E-state index contributed by atoms with van der Waals surface area (Å²) >= 11 is 0. The van der Waals surface area contributed by atoms with Crippen molar-refractivity contribution in [3.8, 4) is 0 Å². The van der Waals surface area contributed by atoms with E-state index in [0.29, 0.717) is 43.5 Å². The Labute approximate surface area is 155 Å². The van der Waals surface area contributed by atoms with Crippen LogP contribution in [-0.2, 0) is 22.0 Å². The number of oxazole rings is 1. The molecule has 2 heterocycles. The van der Waals surface area contributed by atoms with Crippen LogP contribution in [0.2, 0.25) is 0 Å². The summed E-state index contributed by atoms with van der Waals surface area (Å²) < 4.78 is 32.9. The van der Waals surface area contributed by atoms with Gasteiger partial charge in [0, 0.05) is 31.6 Å². The molecule has 0 atom stereocenters. The molecule has 0 saturated carbocycles. The van der Waals surface area contributed by atoms with Crippen LogP contribution in [0, 0.1) is 6.92 Å². The SMILES string of the molecule is Cc1ccc(S(=O)(=O)N2CCN(Cc3ncc(C(C)(C)C)o3)CC2)cc1. The Bertz CT molecular complexity index is 843. The Morgan fingerprint density at radius 3 is 2.23 bits per heavy atom. The third-order valence-corrected chi connectivity index (χ3v) is 6.55. The maximum Gasteiger partial charge on any atom is 0.243 e. The van der Waals surface area contributed by atoms with Crippen molar-refractivity contribution < 1.29 is 12.8 Å². The van der Waals surface area contributed by atoms with Gasteiger partial charge in [0.15, 0.2) is 0 Å². The molecule has 1 aromatic heterocycles. The summed E-state index contributed by atoms with van der Waals surface area (Å²) in [5.74, 6) is 1.55. The van der Waals surface area contributed by atoms with E-state index < -0.39 is 10.0 Å². The molecule has 0 spiro atoms. The van der Waals surface area contributed by atoms with Gasteiger partial charge in [-0.3, -0.25) is 4.90 Å². The third kappa shape index (κ3) is 4.16. The molecule has 1 saturated heterocycles. The van der Waals surface area contributed by atoms with Crippen molar-refractivity contribution >= 4 is 10.0 Å². The molecule has 142 valence electrons. The number of hydrogen-bond donors (Lipinski definition) is 0. The molecule has 1 aliphatic rings. The van der Waals surface area contributed by atoms with Crippen molar-refractivity contribution in [2.24, 2.45) is 0 Å². The van der Waals surface area contributed by atoms with Crippen LogP contribution in [-0.4, -0.2) is 48.8 Å². The van der Waals surface area contributed by atoms with Gasteiger partial charge in [-0.25, -0.2) is 13.4 Å². The Hall–Kier alpha value is -1.70. The summed E-state index contributed by atoms with van der Waals surface area (Å²) in [6.45, 7) is 11.1. The lowest BCUT2D eigenvalue weighted by Crippen LogP contribution is -2.48. The highest BCUT2D eigenvalue weighted by Crippen LogP contribution is 2.24. The minimum absolute atomic E-state index is 0.0634. The average Bonchev–Trinajstić information content (AvgIpc) is 3.05. The molecule has 2 aromatic rings. The summed E-state index contributed by atoms with van der Waals surface area (Å²) in [6.07, 6.45) is 1.79. The van der Waals surface area contributed by atoms with E-state index in [1.165, 1.54) is 0 Å². The molecule has 3 rings (SSSR count). The highest BCUT2D eigenvalue weighted by Gasteiger charge is 2.29. The standard InChI is InChI=1S/C19H27N3O3S/c1-15-5-7-16(8-6-15)26(23,24)22-11-9-21(10-12-22)14-18-20-13-17(25-18)19(2,3)4/h5-8,13H,9-12,14H2,1-4H3. The number of rotatable bonds is 4. The minimum Gasteiger partial charge on any atom is -0.444 e. The van der Waals surface area contributed by atoms with Crippen molar-refractivity contribution in [2.75, 3.05) is 26.2 Å². The summed E-state index contributed by atoms with van der Waals surface area (Å²) in [5, 5.41) is 0. The molecular formula is C19H27N3O3S. The Balaban J connectivity index is 1.60. The van der Waals surface area contributed by atoms with Crippen molar-refractivity contribution in [3.63, 3.8) is 0 Å². The van der Waals surface area contributed by atoms with Crippen LogP contribution in [0.25, 0.3) is 0 Å². The van der Waals surface area contributed by atoms with E-state index in [2.05, 4.69) is 30.7 Å². The first kappa shape index (κ1) is 19.1. The van der Waals surface area contributed by atoms with E-state index in [-0.39, 0.29) is 5.41 Å². The van der Waals surface area contributed by atoms with Gasteiger partial charge in [0.1, 0.15) is 5.76 Å². The first-order valence-electron chi connectivity index (χ1n) is 8.90. The lowest BCUT2D eigenvalue weighted by atomic mass is 9.94. The zero-order chi connectivity index (χ0) is 18.9. The highest BCUT2D eigenvalue weighted by atomic mass is 32.2. The second kappa shape index (κ2) is 7.13. The lowest BCUT2D eigenvalue weighted by molar-refractivity contribution is 0.166. The number of sulfonamides is 1. The minimum atomic E-state index is -3.42. The van der Waals surface area contributed by atoms with Crippen molar-refractivity contribution in [1.82, 2.24) is 14.2 Å². The molecule has 0 unspecified atom stereocenters. The zero-order valence-electron chi connectivity index (χ0n) is 15.9. The third-order valence-electron chi connectivity index (χ3n) is 4.64. The predicted octanol–water partition coefficient (Wildman–Crippen LogP) is 2.79. The van der Waals surface area contributed by atoms with Gasteiger partial charge in [-0.15, -0.1) is 0 Å². The summed E-state index contributed by atoms with van der Waals surface area (Å²) in [6, 6.07) is 7.02. The van der Waals surface area contributed by atoms with Crippen LogP contribution in [0.1, 0.15) is 38.0 Å². The molecular weight excluding hydrogens is 350 g/mol. The van der Waals surface area contributed by atoms with Crippen molar-refractivity contribution in [1.29, 1.82) is 0 Å². The molecule has 0 bridgehead atoms. The van der Waals surface area contributed by atoms with Crippen molar-refractivity contribution in [2.45, 2.75) is 44.6 Å². The van der Waals surface area contributed by atoms with E-state index in [9.17, 15) is 8.42 Å². The molecule has 0 aliphatic carbocycles. The molecule has 0 N–H and O–H groups in total.